The van der Waals surface area contributed by atoms with E-state index in [0.717, 1.165) is 6.42 Å². The van der Waals surface area contributed by atoms with Gasteiger partial charge < -0.3 is 10.6 Å². The van der Waals surface area contributed by atoms with Crippen LogP contribution in [0.4, 0.5) is 23.2 Å². The van der Waals surface area contributed by atoms with E-state index in [-0.39, 0.29) is 0 Å². The normalized spacial score (nSPS) is 22.9. The van der Waals surface area contributed by atoms with E-state index in [1.807, 2.05) is 6.92 Å². The molecule has 0 spiro atoms. The second-order valence-corrected chi connectivity index (χ2v) is 5.32. The maximum Gasteiger partial charge on any atom is 0.416 e. The van der Waals surface area contributed by atoms with Gasteiger partial charge in [0.05, 0.1) is 17.3 Å². The van der Waals surface area contributed by atoms with Crippen molar-refractivity contribution in [2.45, 2.75) is 32.0 Å². The predicted molar refractivity (Wildman–Crippen MR) is 70.2 cm³/mol. The maximum absolute atomic E-state index is 13.6. The molecule has 3 nitrogen and oxygen atoms in total. The molecule has 1 heterocycles. The monoisotopic (exact) mass is 304 g/mol. The highest BCUT2D eigenvalue weighted by molar-refractivity contribution is 5.95. The summed E-state index contributed by atoms with van der Waals surface area (Å²) in [6, 6.07) is 1.45. The van der Waals surface area contributed by atoms with Crippen molar-refractivity contribution in [1.29, 1.82) is 0 Å². The van der Waals surface area contributed by atoms with E-state index in [2.05, 4.69) is 10.6 Å². The third kappa shape index (κ3) is 3.93. The van der Waals surface area contributed by atoms with Crippen molar-refractivity contribution in [2.75, 3.05) is 11.9 Å². The number of hydrogen-bond acceptors (Lipinski definition) is 2. The standard InChI is InChI=1S/C14H16F4N2O/c1-8-4-5-19-12(6-8)13(21)20-11-7-9(14(16,17)18)2-3-10(11)15/h2-3,7-8,12,19H,4-6H2,1H3,(H,20,21). The zero-order chi connectivity index (χ0) is 15.6. The highest BCUT2D eigenvalue weighted by Crippen LogP contribution is 2.32. The van der Waals surface area contributed by atoms with Crippen molar-refractivity contribution in [1.82, 2.24) is 5.32 Å². The zero-order valence-electron chi connectivity index (χ0n) is 11.4. The van der Waals surface area contributed by atoms with E-state index in [9.17, 15) is 22.4 Å². The Bertz CT molecular complexity index is 530. The first-order valence-electron chi connectivity index (χ1n) is 6.68. The van der Waals surface area contributed by atoms with Crippen LogP contribution in [0.15, 0.2) is 18.2 Å². The molecule has 0 bridgehead atoms. The van der Waals surface area contributed by atoms with E-state index in [1.165, 1.54) is 0 Å². The third-order valence-corrected chi connectivity index (χ3v) is 3.53. The summed E-state index contributed by atoms with van der Waals surface area (Å²) in [4.78, 5) is 12.0. The number of anilines is 1. The number of amides is 1. The molecule has 2 atom stereocenters. The molecule has 0 aromatic heterocycles. The summed E-state index contributed by atoms with van der Waals surface area (Å²) in [6.07, 6.45) is -3.07. The van der Waals surface area contributed by atoms with Crippen LogP contribution in [0.1, 0.15) is 25.3 Å². The SMILES string of the molecule is CC1CCNC(C(=O)Nc2cc(C(F)(F)F)ccc2F)C1. The minimum atomic E-state index is -4.58. The van der Waals surface area contributed by atoms with Gasteiger partial charge >= 0.3 is 6.18 Å². The quantitative estimate of drug-likeness (QED) is 0.824. The number of rotatable bonds is 2. The number of piperidine rings is 1. The summed E-state index contributed by atoms with van der Waals surface area (Å²) < 4.78 is 51.3. The highest BCUT2D eigenvalue weighted by Gasteiger charge is 2.32. The first kappa shape index (κ1) is 15.8. The lowest BCUT2D eigenvalue weighted by atomic mass is 9.94. The minimum absolute atomic E-state index is 0.341. The first-order valence-corrected chi connectivity index (χ1v) is 6.68. The van der Waals surface area contributed by atoms with Crippen molar-refractivity contribution in [2.24, 2.45) is 5.92 Å². The Kier molecular flexibility index (Phi) is 4.51. The molecule has 1 aliphatic rings. The predicted octanol–water partition coefficient (Wildman–Crippen LogP) is 3.17. The molecule has 1 amide bonds. The van der Waals surface area contributed by atoms with Gasteiger partial charge in [0.15, 0.2) is 0 Å². The maximum atomic E-state index is 13.6. The molecule has 2 unspecified atom stereocenters. The molecule has 0 radical (unpaired) electrons. The smallest absolute Gasteiger partial charge is 0.322 e. The average molecular weight is 304 g/mol. The molecule has 2 N–H and O–H groups in total. The summed E-state index contributed by atoms with van der Waals surface area (Å²) in [6.45, 7) is 2.65. The van der Waals surface area contributed by atoms with Gasteiger partial charge in [0, 0.05) is 0 Å². The Morgan fingerprint density at radius 3 is 2.71 bits per heavy atom. The second kappa shape index (κ2) is 6.01. The fourth-order valence-corrected chi connectivity index (χ4v) is 2.32. The number of hydrogen-bond donors (Lipinski definition) is 2. The Labute approximate surface area is 119 Å². The Hall–Kier alpha value is -1.63. The number of alkyl halides is 3. The lowest BCUT2D eigenvalue weighted by Crippen LogP contribution is -2.45. The molecule has 7 heteroatoms. The number of halogens is 4. The van der Waals surface area contributed by atoms with E-state index >= 15 is 0 Å². The molecule has 0 aliphatic carbocycles. The minimum Gasteiger partial charge on any atom is -0.322 e. The van der Waals surface area contributed by atoms with Gasteiger partial charge in [-0.3, -0.25) is 4.79 Å². The van der Waals surface area contributed by atoms with Gasteiger partial charge in [-0.25, -0.2) is 4.39 Å². The van der Waals surface area contributed by atoms with Crippen molar-refractivity contribution in [3.63, 3.8) is 0 Å². The highest BCUT2D eigenvalue weighted by atomic mass is 19.4. The molecule has 1 aromatic rings. The number of carbonyl (C=O) groups excluding carboxylic acids is 1. The fourth-order valence-electron chi connectivity index (χ4n) is 2.32. The van der Waals surface area contributed by atoms with Gasteiger partial charge in [-0.2, -0.15) is 13.2 Å². The van der Waals surface area contributed by atoms with Gasteiger partial charge in [-0.1, -0.05) is 6.92 Å². The number of nitrogens with one attached hydrogen (secondary N) is 2. The lowest BCUT2D eigenvalue weighted by molar-refractivity contribution is -0.137. The van der Waals surface area contributed by atoms with Crippen LogP contribution in [0.2, 0.25) is 0 Å². The van der Waals surface area contributed by atoms with Crippen LogP contribution in [-0.4, -0.2) is 18.5 Å². The van der Waals surface area contributed by atoms with Crippen LogP contribution in [0, 0.1) is 11.7 Å². The van der Waals surface area contributed by atoms with Crippen LogP contribution in [0.25, 0.3) is 0 Å². The van der Waals surface area contributed by atoms with Gasteiger partial charge in [-0.05, 0) is 43.5 Å². The summed E-state index contributed by atoms with van der Waals surface area (Å²) >= 11 is 0. The van der Waals surface area contributed by atoms with Crippen LogP contribution in [0.3, 0.4) is 0 Å². The van der Waals surface area contributed by atoms with Crippen molar-refractivity contribution >= 4 is 11.6 Å². The molecule has 21 heavy (non-hydrogen) atoms. The molecule has 1 saturated heterocycles. The van der Waals surface area contributed by atoms with Gasteiger partial charge in [0.2, 0.25) is 5.91 Å². The Balaban J connectivity index is 2.13. The number of benzene rings is 1. The third-order valence-electron chi connectivity index (χ3n) is 3.53. The Morgan fingerprint density at radius 1 is 1.38 bits per heavy atom. The number of carbonyl (C=O) groups is 1. The molecule has 1 aromatic carbocycles. The average Bonchev–Trinajstić information content (AvgIpc) is 2.40. The molecule has 2 rings (SSSR count). The molecule has 0 saturated carbocycles. The van der Waals surface area contributed by atoms with Gasteiger partial charge in [-0.15, -0.1) is 0 Å². The lowest BCUT2D eigenvalue weighted by Gasteiger charge is -2.27. The van der Waals surface area contributed by atoms with Crippen LogP contribution >= 0.6 is 0 Å². The summed E-state index contributed by atoms with van der Waals surface area (Å²) in [5.74, 6) is -1.06. The topological polar surface area (TPSA) is 41.1 Å². The second-order valence-electron chi connectivity index (χ2n) is 5.32. The van der Waals surface area contributed by atoms with Crippen molar-refractivity contribution in [3.8, 4) is 0 Å². The molecular weight excluding hydrogens is 288 g/mol. The molecule has 1 fully saturated rings. The Morgan fingerprint density at radius 2 is 2.10 bits per heavy atom. The largest absolute Gasteiger partial charge is 0.416 e. The van der Waals surface area contributed by atoms with Crippen molar-refractivity contribution in [3.05, 3.63) is 29.6 Å². The van der Waals surface area contributed by atoms with E-state index in [0.29, 0.717) is 37.1 Å². The summed E-state index contributed by atoms with van der Waals surface area (Å²) in [5, 5.41) is 5.21. The molecule has 116 valence electrons. The fraction of sp³-hybridized carbons (Fsp3) is 0.500. The first-order chi connectivity index (χ1) is 9.77. The molecule has 1 aliphatic heterocycles. The summed E-state index contributed by atoms with van der Waals surface area (Å²) in [5.41, 5.74) is -1.45. The van der Waals surface area contributed by atoms with Gasteiger partial charge in [0.25, 0.3) is 0 Å². The van der Waals surface area contributed by atoms with E-state index in [1.54, 1.807) is 0 Å². The van der Waals surface area contributed by atoms with E-state index in [4.69, 9.17) is 0 Å². The zero-order valence-corrected chi connectivity index (χ0v) is 11.4. The molecular formula is C14H16F4N2O. The van der Waals surface area contributed by atoms with Crippen LogP contribution < -0.4 is 10.6 Å². The van der Waals surface area contributed by atoms with Crippen LogP contribution in [0.5, 0.6) is 0 Å². The van der Waals surface area contributed by atoms with Gasteiger partial charge in [0.1, 0.15) is 5.82 Å². The van der Waals surface area contributed by atoms with Crippen molar-refractivity contribution < 1.29 is 22.4 Å². The van der Waals surface area contributed by atoms with Crippen LogP contribution in [-0.2, 0) is 11.0 Å². The summed E-state index contributed by atoms with van der Waals surface area (Å²) in [7, 11) is 0. The van der Waals surface area contributed by atoms with E-state index < -0.39 is 35.2 Å².